The second-order valence-corrected chi connectivity index (χ2v) is 8.88. The molecule has 6 nitrogen and oxygen atoms in total. The summed E-state index contributed by atoms with van der Waals surface area (Å²) in [6.07, 6.45) is 3.30. The molecule has 1 aromatic rings. The molecule has 1 amide bonds. The molecule has 0 N–H and O–H groups in total. The third-order valence-electron chi connectivity index (χ3n) is 6.25. The van der Waals surface area contributed by atoms with Crippen molar-refractivity contribution in [2.24, 2.45) is 0 Å². The molecule has 3 aliphatic rings. The molecule has 0 saturated carbocycles. The van der Waals surface area contributed by atoms with Crippen LogP contribution < -0.4 is 0 Å². The number of ether oxygens (including phenoxy) is 2. The maximum Gasteiger partial charge on any atom is 0.253 e. The molecule has 3 atom stereocenters. The lowest BCUT2D eigenvalue weighted by molar-refractivity contribution is -0.0704. The topological polar surface area (TPSA) is 45.3 Å². The van der Waals surface area contributed by atoms with E-state index < -0.39 is 0 Å². The second kappa shape index (κ2) is 9.56. The van der Waals surface area contributed by atoms with Gasteiger partial charge in [0.05, 0.1) is 18.3 Å². The maximum absolute atomic E-state index is 12.9. The standard InChI is InChI=1S/C23H35N3O3/c1-18-14-25(15-19(2)29-18)16-20-5-7-21(8-6-20)23(27)26-11-9-24(10-12-26)17-22-4-3-13-28-22/h5-8,18-19,22H,3-4,9-17H2,1-2H3. The molecule has 1 aromatic carbocycles. The fraction of sp³-hybridized carbons (Fsp3) is 0.696. The first kappa shape index (κ1) is 20.8. The maximum atomic E-state index is 12.9. The third-order valence-corrected chi connectivity index (χ3v) is 6.25. The number of hydrogen-bond acceptors (Lipinski definition) is 5. The van der Waals surface area contributed by atoms with E-state index in [1.54, 1.807) is 0 Å². The van der Waals surface area contributed by atoms with Gasteiger partial charge in [0.15, 0.2) is 0 Å². The first-order chi connectivity index (χ1) is 14.1. The van der Waals surface area contributed by atoms with Crippen molar-refractivity contribution in [3.05, 3.63) is 35.4 Å². The summed E-state index contributed by atoms with van der Waals surface area (Å²) < 4.78 is 11.6. The van der Waals surface area contributed by atoms with E-state index in [4.69, 9.17) is 9.47 Å². The first-order valence-electron chi connectivity index (χ1n) is 11.2. The Morgan fingerprint density at radius 1 is 1.00 bits per heavy atom. The fourth-order valence-corrected chi connectivity index (χ4v) is 4.82. The largest absolute Gasteiger partial charge is 0.377 e. The molecule has 0 spiro atoms. The van der Waals surface area contributed by atoms with Gasteiger partial charge in [0.25, 0.3) is 5.91 Å². The minimum Gasteiger partial charge on any atom is -0.377 e. The summed E-state index contributed by atoms with van der Waals surface area (Å²) in [7, 11) is 0. The third kappa shape index (κ3) is 5.57. The first-order valence-corrected chi connectivity index (χ1v) is 11.2. The van der Waals surface area contributed by atoms with Gasteiger partial charge in [-0.1, -0.05) is 12.1 Å². The number of rotatable bonds is 5. The average Bonchev–Trinajstić information content (AvgIpc) is 3.21. The van der Waals surface area contributed by atoms with Crippen LogP contribution in [-0.4, -0.2) is 91.3 Å². The highest BCUT2D eigenvalue weighted by Gasteiger charge is 2.26. The number of amides is 1. The highest BCUT2D eigenvalue weighted by molar-refractivity contribution is 5.94. The zero-order chi connectivity index (χ0) is 20.2. The lowest BCUT2D eigenvalue weighted by atomic mass is 10.1. The van der Waals surface area contributed by atoms with Crippen LogP contribution >= 0.6 is 0 Å². The second-order valence-electron chi connectivity index (χ2n) is 8.88. The molecule has 6 heteroatoms. The summed E-state index contributed by atoms with van der Waals surface area (Å²) >= 11 is 0. The Kier molecular flexibility index (Phi) is 6.85. The number of piperazine rings is 1. The van der Waals surface area contributed by atoms with Crippen LogP contribution in [0.25, 0.3) is 0 Å². The number of hydrogen-bond donors (Lipinski definition) is 0. The van der Waals surface area contributed by atoms with E-state index in [1.807, 2.05) is 17.0 Å². The highest BCUT2D eigenvalue weighted by Crippen LogP contribution is 2.17. The Labute approximate surface area is 174 Å². The van der Waals surface area contributed by atoms with Crippen LogP contribution in [0, 0.1) is 0 Å². The molecule has 0 aromatic heterocycles. The molecule has 0 aliphatic carbocycles. The Balaban J connectivity index is 1.26. The van der Waals surface area contributed by atoms with Crippen LogP contribution in [0.3, 0.4) is 0 Å². The van der Waals surface area contributed by atoms with Gasteiger partial charge in [0, 0.05) is 64.5 Å². The van der Waals surface area contributed by atoms with Crippen molar-refractivity contribution in [2.45, 2.75) is 51.5 Å². The van der Waals surface area contributed by atoms with Gasteiger partial charge in [-0.2, -0.15) is 0 Å². The van der Waals surface area contributed by atoms with Gasteiger partial charge < -0.3 is 14.4 Å². The van der Waals surface area contributed by atoms with Crippen molar-refractivity contribution in [1.82, 2.24) is 14.7 Å². The van der Waals surface area contributed by atoms with E-state index in [0.717, 1.165) is 64.5 Å². The normalized spacial score (nSPS) is 29.3. The zero-order valence-electron chi connectivity index (χ0n) is 17.9. The fourth-order valence-electron chi connectivity index (χ4n) is 4.82. The van der Waals surface area contributed by atoms with Crippen LogP contribution in [0.5, 0.6) is 0 Å². The van der Waals surface area contributed by atoms with Crippen molar-refractivity contribution in [3.8, 4) is 0 Å². The minimum atomic E-state index is 0.155. The van der Waals surface area contributed by atoms with Crippen LogP contribution in [0.15, 0.2) is 24.3 Å². The molecule has 3 heterocycles. The van der Waals surface area contributed by atoms with E-state index >= 15 is 0 Å². The van der Waals surface area contributed by atoms with Gasteiger partial charge >= 0.3 is 0 Å². The summed E-state index contributed by atoms with van der Waals surface area (Å²) in [4.78, 5) is 19.8. The monoisotopic (exact) mass is 401 g/mol. The van der Waals surface area contributed by atoms with Crippen LogP contribution in [0.1, 0.15) is 42.6 Å². The molecule has 3 fully saturated rings. The van der Waals surface area contributed by atoms with Gasteiger partial charge in [0.1, 0.15) is 0 Å². The van der Waals surface area contributed by atoms with Gasteiger partial charge in [-0.05, 0) is 44.4 Å². The average molecular weight is 402 g/mol. The van der Waals surface area contributed by atoms with Crippen LogP contribution in [-0.2, 0) is 16.0 Å². The molecule has 3 aliphatic heterocycles. The summed E-state index contributed by atoms with van der Waals surface area (Å²) in [6, 6.07) is 8.19. The quantitative estimate of drug-likeness (QED) is 0.757. The van der Waals surface area contributed by atoms with Crippen molar-refractivity contribution in [3.63, 3.8) is 0 Å². The predicted molar refractivity (Wildman–Crippen MR) is 113 cm³/mol. The predicted octanol–water partition coefficient (Wildman–Crippen LogP) is 2.23. The number of morpholine rings is 1. The molecule has 0 bridgehead atoms. The summed E-state index contributed by atoms with van der Waals surface area (Å²) in [6.45, 7) is 12.5. The molecule has 4 rings (SSSR count). The van der Waals surface area contributed by atoms with Crippen molar-refractivity contribution < 1.29 is 14.3 Å². The Hall–Kier alpha value is -1.47. The Morgan fingerprint density at radius 2 is 1.69 bits per heavy atom. The Morgan fingerprint density at radius 3 is 2.31 bits per heavy atom. The van der Waals surface area contributed by atoms with E-state index in [9.17, 15) is 4.79 Å². The van der Waals surface area contributed by atoms with E-state index in [0.29, 0.717) is 6.10 Å². The number of nitrogens with zero attached hydrogens (tertiary/aromatic N) is 3. The minimum absolute atomic E-state index is 0.155. The Bertz CT molecular complexity index is 656. The van der Waals surface area contributed by atoms with Gasteiger partial charge in [0.2, 0.25) is 0 Å². The molecule has 29 heavy (non-hydrogen) atoms. The summed E-state index contributed by atoms with van der Waals surface area (Å²) in [5, 5.41) is 0. The SMILES string of the molecule is CC1CN(Cc2ccc(C(=O)N3CCN(CC4CCCO4)CC3)cc2)CC(C)O1. The molecule has 3 saturated heterocycles. The van der Waals surface area contributed by atoms with Gasteiger partial charge in [-0.3, -0.25) is 14.6 Å². The van der Waals surface area contributed by atoms with Crippen LogP contribution in [0.2, 0.25) is 0 Å². The lowest BCUT2D eigenvalue weighted by Crippen LogP contribution is -2.50. The van der Waals surface area contributed by atoms with Crippen molar-refractivity contribution >= 4 is 5.91 Å². The molecule has 3 unspecified atom stereocenters. The van der Waals surface area contributed by atoms with Crippen molar-refractivity contribution in [2.75, 3.05) is 52.4 Å². The zero-order valence-corrected chi connectivity index (χ0v) is 17.9. The van der Waals surface area contributed by atoms with Gasteiger partial charge in [-0.15, -0.1) is 0 Å². The van der Waals surface area contributed by atoms with E-state index in [1.165, 1.54) is 18.4 Å². The van der Waals surface area contributed by atoms with Gasteiger partial charge in [-0.25, -0.2) is 0 Å². The number of carbonyl (C=O) groups excluding carboxylic acids is 1. The molecular formula is C23H35N3O3. The van der Waals surface area contributed by atoms with Crippen molar-refractivity contribution in [1.29, 1.82) is 0 Å². The molecule has 160 valence electrons. The van der Waals surface area contributed by atoms with Crippen LogP contribution in [0.4, 0.5) is 0 Å². The lowest BCUT2D eigenvalue weighted by Gasteiger charge is -2.36. The summed E-state index contributed by atoms with van der Waals surface area (Å²) in [5.74, 6) is 0.155. The number of benzene rings is 1. The molecular weight excluding hydrogens is 366 g/mol. The smallest absolute Gasteiger partial charge is 0.253 e. The summed E-state index contributed by atoms with van der Waals surface area (Å²) in [5.41, 5.74) is 2.05. The molecule has 0 radical (unpaired) electrons. The number of carbonyl (C=O) groups is 1. The van der Waals surface area contributed by atoms with E-state index in [2.05, 4.69) is 35.8 Å². The van der Waals surface area contributed by atoms with E-state index in [-0.39, 0.29) is 18.1 Å². The highest BCUT2D eigenvalue weighted by atomic mass is 16.5.